The van der Waals surface area contributed by atoms with E-state index in [9.17, 15) is 18.5 Å². The van der Waals surface area contributed by atoms with Gasteiger partial charge in [-0.3, -0.25) is 10.1 Å². The molecule has 118 valence electrons. The van der Waals surface area contributed by atoms with Crippen molar-refractivity contribution in [2.45, 2.75) is 24.3 Å². The summed E-state index contributed by atoms with van der Waals surface area (Å²) in [4.78, 5) is 10.2. The van der Waals surface area contributed by atoms with Crippen molar-refractivity contribution in [2.75, 3.05) is 20.1 Å². The molecule has 0 bridgehead atoms. The normalized spacial score (nSPS) is 18.5. The zero-order valence-corrected chi connectivity index (χ0v) is 13.4. The van der Waals surface area contributed by atoms with Gasteiger partial charge in [-0.25, -0.2) is 8.42 Å². The highest BCUT2D eigenvalue weighted by atomic mass is 35.5. The molecule has 1 aromatic carbocycles. The first-order chi connectivity index (χ1) is 9.34. The van der Waals surface area contributed by atoms with Gasteiger partial charge in [0.15, 0.2) is 0 Å². The Morgan fingerprint density at radius 1 is 1.43 bits per heavy atom. The Morgan fingerprint density at radius 3 is 2.62 bits per heavy atom. The van der Waals surface area contributed by atoms with Gasteiger partial charge in [0.25, 0.3) is 5.69 Å². The summed E-state index contributed by atoms with van der Waals surface area (Å²) in [6.07, 6.45) is 0.740. The van der Waals surface area contributed by atoms with Crippen molar-refractivity contribution < 1.29 is 13.3 Å². The molecule has 0 saturated carbocycles. The van der Waals surface area contributed by atoms with E-state index < -0.39 is 14.9 Å². The van der Waals surface area contributed by atoms with Gasteiger partial charge in [0.05, 0.1) is 9.82 Å². The second-order valence-corrected chi connectivity index (χ2v) is 6.84. The molecular weight excluding hydrogens is 318 g/mol. The highest BCUT2D eigenvalue weighted by molar-refractivity contribution is 7.89. The van der Waals surface area contributed by atoms with Gasteiger partial charge in [-0.2, -0.15) is 4.31 Å². The van der Waals surface area contributed by atoms with Crippen molar-refractivity contribution in [1.29, 1.82) is 0 Å². The van der Waals surface area contributed by atoms with Crippen LogP contribution in [0.15, 0.2) is 23.1 Å². The Kier molecular flexibility index (Phi) is 5.68. The Morgan fingerprint density at radius 2 is 2.10 bits per heavy atom. The fraction of sp³-hybridized carbons (Fsp3) is 0.500. The van der Waals surface area contributed by atoms with Crippen molar-refractivity contribution in [3.05, 3.63) is 33.9 Å². The average molecular weight is 336 g/mol. The van der Waals surface area contributed by atoms with Crippen molar-refractivity contribution in [3.63, 3.8) is 0 Å². The average Bonchev–Trinajstić information content (AvgIpc) is 2.91. The third-order valence-electron chi connectivity index (χ3n) is 3.59. The number of hydrogen-bond acceptors (Lipinski definition) is 5. The molecule has 1 atom stereocenters. The van der Waals surface area contributed by atoms with Crippen LogP contribution in [-0.2, 0) is 10.0 Å². The van der Waals surface area contributed by atoms with E-state index in [1.807, 2.05) is 0 Å². The Balaban J connectivity index is 0.00000220. The number of nitro groups is 1. The van der Waals surface area contributed by atoms with E-state index >= 15 is 0 Å². The second-order valence-electron chi connectivity index (χ2n) is 4.87. The van der Waals surface area contributed by atoms with Crippen LogP contribution < -0.4 is 5.32 Å². The maximum absolute atomic E-state index is 12.6. The molecule has 1 unspecified atom stereocenters. The van der Waals surface area contributed by atoms with Crippen molar-refractivity contribution in [2.24, 2.45) is 0 Å². The minimum absolute atomic E-state index is 0. The molecule has 1 saturated heterocycles. The number of likely N-dealkylation sites (N-methyl/N-ethyl adjacent to an activating group) is 1. The van der Waals surface area contributed by atoms with Gasteiger partial charge in [-0.15, -0.1) is 12.4 Å². The standard InChI is InChI=1S/C12H17N3O4S.ClH/c1-9-3-4-10(15(16)17)7-12(9)20(18,19)14(2)11-5-6-13-8-11;/h3-4,7,11,13H,5-6,8H2,1-2H3;1H. The summed E-state index contributed by atoms with van der Waals surface area (Å²) in [5.41, 5.74) is 0.292. The maximum atomic E-state index is 12.6. The summed E-state index contributed by atoms with van der Waals surface area (Å²) in [6.45, 7) is 3.01. The molecule has 7 nitrogen and oxygen atoms in total. The minimum Gasteiger partial charge on any atom is -0.315 e. The Labute approximate surface area is 129 Å². The van der Waals surface area contributed by atoms with E-state index in [0.29, 0.717) is 12.1 Å². The third-order valence-corrected chi connectivity index (χ3v) is 5.64. The lowest BCUT2D eigenvalue weighted by molar-refractivity contribution is -0.385. The molecule has 0 radical (unpaired) electrons. The van der Waals surface area contributed by atoms with Crippen molar-refractivity contribution in [3.8, 4) is 0 Å². The molecule has 1 aliphatic rings. The van der Waals surface area contributed by atoms with Crippen LogP contribution in [0.1, 0.15) is 12.0 Å². The van der Waals surface area contributed by atoms with Gasteiger partial charge in [0.2, 0.25) is 10.0 Å². The van der Waals surface area contributed by atoms with Crippen LogP contribution in [0.5, 0.6) is 0 Å². The second kappa shape index (κ2) is 6.69. The largest absolute Gasteiger partial charge is 0.315 e. The predicted octanol–water partition coefficient (Wildman–Crippen LogP) is 1.31. The molecule has 21 heavy (non-hydrogen) atoms. The van der Waals surface area contributed by atoms with Crippen LogP contribution in [0, 0.1) is 17.0 Å². The number of non-ortho nitro benzene ring substituents is 1. The number of nitrogens with zero attached hydrogens (tertiary/aromatic N) is 2. The highest BCUT2D eigenvalue weighted by Gasteiger charge is 2.31. The molecule has 9 heteroatoms. The fourth-order valence-electron chi connectivity index (χ4n) is 2.28. The first-order valence-electron chi connectivity index (χ1n) is 6.28. The van der Waals surface area contributed by atoms with Crippen molar-refractivity contribution in [1.82, 2.24) is 9.62 Å². The van der Waals surface area contributed by atoms with Crippen LogP contribution in [0.2, 0.25) is 0 Å². The quantitative estimate of drug-likeness (QED) is 0.661. The van der Waals surface area contributed by atoms with E-state index in [1.54, 1.807) is 6.92 Å². The van der Waals surface area contributed by atoms with Gasteiger partial charge in [-0.1, -0.05) is 6.07 Å². The summed E-state index contributed by atoms with van der Waals surface area (Å²) in [5.74, 6) is 0. The van der Waals surface area contributed by atoms with Crippen LogP contribution >= 0.6 is 12.4 Å². The number of hydrogen-bond donors (Lipinski definition) is 1. The molecule has 1 N–H and O–H groups in total. The summed E-state index contributed by atoms with van der Waals surface area (Å²) in [6, 6.07) is 3.79. The lowest BCUT2D eigenvalue weighted by Crippen LogP contribution is -2.38. The zero-order valence-electron chi connectivity index (χ0n) is 11.8. The number of aryl methyl sites for hydroxylation is 1. The van der Waals surface area contributed by atoms with Gasteiger partial charge < -0.3 is 5.32 Å². The molecule has 2 rings (SSSR count). The first-order valence-corrected chi connectivity index (χ1v) is 7.72. The van der Waals surface area contributed by atoms with E-state index in [1.165, 1.54) is 23.5 Å². The predicted molar refractivity (Wildman–Crippen MR) is 81.3 cm³/mol. The van der Waals surface area contributed by atoms with E-state index in [-0.39, 0.29) is 29.0 Å². The molecule has 1 fully saturated rings. The molecular formula is C12H18ClN3O4S. The van der Waals surface area contributed by atoms with Crippen LogP contribution in [0.3, 0.4) is 0 Å². The highest BCUT2D eigenvalue weighted by Crippen LogP contribution is 2.26. The summed E-state index contributed by atoms with van der Waals surface area (Å²) in [7, 11) is -2.20. The molecule has 1 heterocycles. The maximum Gasteiger partial charge on any atom is 0.270 e. The number of halogens is 1. The fourth-order valence-corrected chi connectivity index (χ4v) is 3.91. The Bertz CT molecular complexity index is 629. The minimum atomic E-state index is -3.72. The monoisotopic (exact) mass is 335 g/mol. The molecule has 1 aromatic rings. The molecule has 0 amide bonds. The summed E-state index contributed by atoms with van der Waals surface area (Å²) in [5, 5.41) is 13.9. The van der Waals surface area contributed by atoms with E-state index in [2.05, 4.69) is 5.32 Å². The van der Waals surface area contributed by atoms with Crippen LogP contribution in [0.4, 0.5) is 5.69 Å². The summed E-state index contributed by atoms with van der Waals surface area (Å²) >= 11 is 0. The lowest BCUT2D eigenvalue weighted by atomic mass is 10.2. The Hall–Kier alpha value is -1.22. The topological polar surface area (TPSA) is 92.5 Å². The van der Waals surface area contributed by atoms with Gasteiger partial charge in [0, 0.05) is 31.8 Å². The van der Waals surface area contributed by atoms with Gasteiger partial charge in [-0.05, 0) is 25.5 Å². The SMILES string of the molecule is Cc1ccc([N+](=O)[O-])cc1S(=O)(=O)N(C)C1CCNC1.Cl. The van der Waals surface area contributed by atoms with Gasteiger partial charge >= 0.3 is 0 Å². The number of rotatable bonds is 4. The van der Waals surface area contributed by atoms with E-state index in [0.717, 1.165) is 19.0 Å². The van der Waals surface area contributed by atoms with Crippen molar-refractivity contribution >= 4 is 28.1 Å². The van der Waals surface area contributed by atoms with Gasteiger partial charge in [0.1, 0.15) is 0 Å². The molecule has 0 spiro atoms. The lowest BCUT2D eigenvalue weighted by Gasteiger charge is -2.23. The smallest absolute Gasteiger partial charge is 0.270 e. The van der Waals surface area contributed by atoms with E-state index in [4.69, 9.17) is 0 Å². The number of nitrogens with one attached hydrogen (secondary N) is 1. The first kappa shape index (κ1) is 17.8. The molecule has 1 aliphatic heterocycles. The zero-order chi connectivity index (χ0) is 14.9. The number of benzene rings is 1. The summed E-state index contributed by atoms with van der Waals surface area (Å²) < 4.78 is 26.5. The van der Waals surface area contributed by atoms with Crippen LogP contribution in [-0.4, -0.2) is 43.8 Å². The number of sulfonamides is 1. The third kappa shape index (κ3) is 3.52. The van der Waals surface area contributed by atoms with Crippen LogP contribution in [0.25, 0.3) is 0 Å². The number of nitro benzene ring substituents is 1. The molecule has 0 aliphatic carbocycles. The molecule has 0 aromatic heterocycles.